The maximum absolute atomic E-state index is 3.73. The van der Waals surface area contributed by atoms with Crippen LogP contribution in [0, 0.1) is 0 Å². The lowest BCUT2D eigenvalue weighted by molar-refractivity contribution is 0.824. The van der Waals surface area contributed by atoms with Crippen LogP contribution in [0.15, 0.2) is 20.6 Å². The van der Waals surface area contributed by atoms with Gasteiger partial charge in [-0.3, -0.25) is 0 Å². The normalized spacial score (nSPS) is 33.3. The van der Waals surface area contributed by atoms with Crippen LogP contribution in [-0.4, -0.2) is 19.8 Å². The largest absolute Gasteiger partial charge is 0.0909 e. The van der Waals surface area contributed by atoms with E-state index in [0.29, 0.717) is 0 Å². The molecule has 6 heteroatoms. The van der Waals surface area contributed by atoms with Gasteiger partial charge in [0, 0.05) is 19.6 Å². The van der Waals surface area contributed by atoms with Gasteiger partial charge in [0.05, 0.1) is 9.15 Å². The maximum atomic E-state index is 3.73. The second-order valence-corrected chi connectivity index (χ2v) is 8.05. The van der Waals surface area contributed by atoms with E-state index < -0.39 is 0 Å². The van der Waals surface area contributed by atoms with E-state index in [0.717, 1.165) is 19.6 Å². The summed E-state index contributed by atoms with van der Waals surface area (Å²) in [7, 11) is 0. The van der Waals surface area contributed by atoms with Gasteiger partial charge in [0.15, 0.2) is 0 Å². The zero-order valence-electron chi connectivity index (χ0n) is 6.84. The van der Waals surface area contributed by atoms with Crippen molar-refractivity contribution in [1.29, 1.82) is 0 Å². The van der Waals surface area contributed by atoms with E-state index in [9.17, 15) is 0 Å². The molecule has 0 aromatic heterocycles. The van der Waals surface area contributed by atoms with Crippen molar-refractivity contribution in [2.24, 2.45) is 0 Å². The van der Waals surface area contributed by atoms with Crippen molar-refractivity contribution in [2.75, 3.05) is 10.7 Å². The lowest BCUT2D eigenvalue weighted by Gasteiger charge is -2.33. The second kappa shape index (κ2) is 5.80. The fraction of sp³-hybridized carbons (Fsp3) is 0.500. The molecule has 0 aromatic rings. The first-order chi connectivity index (χ1) is 6.46. The van der Waals surface area contributed by atoms with Crippen molar-refractivity contribution in [3.63, 3.8) is 0 Å². The monoisotopic (exact) mass is 576 g/mol. The molecule has 2 unspecified atom stereocenters. The number of allylic oxidation sites excluding steroid dienone is 4. The Labute approximate surface area is 134 Å². The number of hydrogen-bond acceptors (Lipinski definition) is 0. The molecule has 0 aromatic carbocycles. The lowest BCUT2D eigenvalue weighted by atomic mass is 9.96. The van der Waals surface area contributed by atoms with Gasteiger partial charge in [0.1, 0.15) is 0 Å². The first-order valence-electron chi connectivity index (χ1n) is 3.68. The molecule has 0 radical (unpaired) electrons. The number of hydrogen-bond donors (Lipinski definition) is 0. The van der Waals surface area contributed by atoms with E-state index in [2.05, 4.69) is 102 Å². The van der Waals surface area contributed by atoms with Crippen molar-refractivity contribution in [3.8, 4) is 0 Å². The summed E-state index contributed by atoms with van der Waals surface area (Å²) < 4.78 is 2.12. The van der Waals surface area contributed by atoms with Crippen LogP contribution in [0.5, 0.6) is 0 Å². The van der Waals surface area contributed by atoms with Crippen LogP contribution in [0.3, 0.4) is 0 Å². The summed E-state index contributed by atoms with van der Waals surface area (Å²) in [4.78, 5) is 0.268. The summed E-state index contributed by atoms with van der Waals surface area (Å²) in [6.45, 7) is 0. The molecule has 1 aliphatic rings. The fourth-order valence-electron chi connectivity index (χ4n) is 1.13. The predicted octanol–water partition coefficient (Wildman–Crippen LogP) is 5.61. The second-order valence-electron chi connectivity index (χ2n) is 2.89. The molecule has 0 amide bonds. The number of rotatable bonds is 2. The van der Waals surface area contributed by atoms with Gasteiger partial charge < -0.3 is 0 Å². The number of halogens is 6. The molecule has 0 saturated heterocycles. The van der Waals surface area contributed by atoms with E-state index >= 15 is 0 Å². The summed E-state index contributed by atoms with van der Waals surface area (Å²) in [5, 5.41) is 1.69. The Bertz CT molecular complexity index is 294. The molecule has 0 nitrogen and oxygen atoms in total. The molecular weight excluding hydrogens is 576 g/mol. The molecule has 1 rings (SSSR count). The molecule has 0 aliphatic heterocycles. The van der Waals surface area contributed by atoms with Crippen LogP contribution in [0.1, 0.15) is 0 Å². The maximum Gasteiger partial charge on any atom is 0.0710 e. The van der Waals surface area contributed by atoms with Gasteiger partial charge in [0.2, 0.25) is 0 Å². The highest BCUT2D eigenvalue weighted by atomic mass is 79.9. The van der Waals surface area contributed by atoms with E-state index in [1.54, 1.807) is 0 Å². The zero-order chi connectivity index (χ0) is 10.9. The van der Waals surface area contributed by atoms with Crippen LogP contribution in [0.25, 0.3) is 0 Å². The highest BCUT2D eigenvalue weighted by molar-refractivity contribution is 9.15. The Morgan fingerprint density at radius 2 is 1.86 bits per heavy atom. The van der Waals surface area contributed by atoms with Gasteiger partial charge in [-0.2, -0.15) is 0 Å². The molecule has 80 valence electrons. The van der Waals surface area contributed by atoms with Gasteiger partial charge in [0.25, 0.3) is 0 Å². The molecule has 2 atom stereocenters. The minimum absolute atomic E-state index is 0.0772. The van der Waals surface area contributed by atoms with Crippen LogP contribution >= 0.6 is 95.6 Å². The smallest absolute Gasteiger partial charge is 0.0710 e. The molecule has 0 fully saturated rings. The first-order valence-corrected chi connectivity index (χ1v) is 9.22. The van der Waals surface area contributed by atoms with Crippen LogP contribution in [-0.2, 0) is 0 Å². The molecule has 1 aliphatic carbocycles. The van der Waals surface area contributed by atoms with E-state index in [1.807, 2.05) is 0 Å². The Hall–Kier alpha value is 2.36. The predicted molar refractivity (Wildman–Crippen MR) is 84.9 cm³/mol. The van der Waals surface area contributed by atoms with Gasteiger partial charge in [-0.1, -0.05) is 69.8 Å². The van der Waals surface area contributed by atoms with Crippen molar-refractivity contribution in [1.82, 2.24) is 0 Å². The minimum atomic E-state index is -0.0772. The van der Waals surface area contributed by atoms with Gasteiger partial charge in [-0.05, 0) is 37.4 Å². The van der Waals surface area contributed by atoms with Gasteiger partial charge in [-0.15, -0.1) is 0 Å². The average molecular weight is 582 g/mol. The van der Waals surface area contributed by atoms with Crippen LogP contribution in [0.2, 0.25) is 0 Å². The third-order valence-electron chi connectivity index (χ3n) is 1.93. The van der Waals surface area contributed by atoms with E-state index in [4.69, 9.17) is 0 Å². The van der Waals surface area contributed by atoms with Crippen LogP contribution < -0.4 is 0 Å². The summed E-state index contributed by atoms with van der Waals surface area (Å²) >= 11 is 21.6. The first kappa shape index (κ1) is 14.4. The quantitative estimate of drug-likeness (QED) is 0.372. The van der Waals surface area contributed by atoms with Crippen molar-refractivity contribution in [3.05, 3.63) is 20.6 Å². The molecule has 0 bridgehead atoms. The highest BCUT2D eigenvalue weighted by Crippen LogP contribution is 2.46. The van der Waals surface area contributed by atoms with Crippen molar-refractivity contribution < 1.29 is 0 Å². The third-order valence-corrected chi connectivity index (χ3v) is 9.26. The summed E-state index contributed by atoms with van der Waals surface area (Å²) in [5.74, 6) is 0. The van der Waals surface area contributed by atoms with Crippen molar-refractivity contribution >= 4 is 95.6 Å². The molecule has 0 N–H and O–H groups in total. The Morgan fingerprint density at radius 1 is 1.29 bits per heavy atom. The van der Waals surface area contributed by atoms with Crippen LogP contribution in [0.4, 0.5) is 0 Å². The molecule has 0 spiro atoms. The summed E-state index contributed by atoms with van der Waals surface area (Å²) in [6.07, 6.45) is 2.15. The number of alkyl halides is 4. The van der Waals surface area contributed by atoms with E-state index in [1.165, 1.54) is 5.57 Å². The topological polar surface area (TPSA) is 0 Å². The van der Waals surface area contributed by atoms with Crippen molar-refractivity contribution in [2.45, 2.75) is 9.15 Å². The van der Waals surface area contributed by atoms with Gasteiger partial charge >= 0.3 is 0 Å². The Balaban J connectivity index is 3.17. The zero-order valence-corrected chi connectivity index (χ0v) is 16.4. The lowest BCUT2D eigenvalue weighted by Crippen LogP contribution is -2.36. The highest BCUT2D eigenvalue weighted by Gasteiger charge is 2.38. The molecule has 0 saturated carbocycles. The molecule has 0 heterocycles. The SMILES string of the molecule is BrCC1=C(Br)C(Br)=CC(Br)(CBr)C1Br. The summed E-state index contributed by atoms with van der Waals surface area (Å²) in [5.41, 5.74) is 1.29. The fourth-order valence-corrected chi connectivity index (χ4v) is 6.42. The molecular formula is C8H6Br6. The molecule has 14 heavy (non-hydrogen) atoms. The summed E-state index contributed by atoms with van der Waals surface area (Å²) in [6, 6.07) is 0. The Kier molecular flexibility index (Phi) is 5.98. The minimum Gasteiger partial charge on any atom is -0.0909 e. The average Bonchev–Trinajstić information content (AvgIpc) is 2.16. The van der Waals surface area contributed by atoms with Gasteiger partial charge in [-0.25, -0.2) is 0 Å². The standard InChI is InChI=1S/C8H6Br6/c9-2-4-6(12)5(11)1-8(14,3-10)7(4)13/h1,7H,2-3H2. The third kappa shape index (κ3) is 2.78. The van der Waals surface area contributed by atoms with E-state index in [-0.39, 0.29) is 9.15 Å². The Morgan fingerprint density at radius 3 is 2.29 bits per heavy atom.